The van der Waals surface area contributed by atoms with Crippen LogP contribution in [0, 0.1) is 0 Å². The minimum absolute atomic E-state index is 0.514. The van der Waals surface area contributed by atoms with Gasteiger partial charge in [-0.05, 0) is 12.1 Å². The molecular formula is C9H9N5O. The first-order valence-corrected chi connectivity index (χ1v) is 4.29. The van der Waals surface area contributed by atoms with Crippen molar-refractivity contribution in [1.29, 1.82) is 0 Å². The molecule has 0 fully saturated rings. The van der Waals surface area contributed by atoms with Crippen molar-refractivity contribution < 1.29 is 4.79 Å². The standard InChI is InChI=1S/C9H9N5O/c10-12-9(15)14-13-8-5-6-3-1-2-4-7(6)11-8/h1-5,11H,10H2,(H,12,15)/b14-13+. The number of urea groups is 1. The van der Waals surface area contributed by atoms with Crippen LogP contribution < -0.4 is 11.3 Å². The number of amides is 2. The molecule has 0 atom stereocenters. The summed E-state index contributed by atoms with van der Waals surface area (Å²) < 4.78 is 0. The van der Waals surface area contributed by atoms with E-state index < -0.39 is 6.03 Å². The van der Waals surface area contributed by atoms with Crippen molar-refractivity contribution in [3.05, 3.63) is 30.3 Å². The maximum atomic E-state index is 10.7. The first-order valence-electron chi connectivity index (χ1n) is 4.29. The van der Waals surface area contributed by atoms with Gasteiger partial charge in [0.2, 0.25) is 0 Å². The van der Waals surface area contributed by atoms with E-state index in [-0.39, 0.29) is 0 Å². The minimum Gasteiger partial charge on any atom is -0.338 e. The number of hydrogen-bond acceptors (Lipinski definition) is 3. The molecule has 0 bridgehead atoms. The number of aromatic amines is 1. The minimum atomic E-state index is -0.686. The van der Waals surface area contributed by atoms with Gasteiger partial charge in [0.15, 0.2) is 5.82 Å². The van der Waals surface area contributed by atoms with Crippen LogP contribution in [0.1, 0.15) is 0 Å². The molecule has 2 aromatic rings. The Morgan fingerprint density at radius 1 is 1.40 bits per heavy atom. The molecule has 15 heavy (non-hydrogen) atoms. The largest absolute Gasteiger partial charge is 0.373 e. The molecule has 0 radical (unpaired) electrons. The molecule has 0 aliphatic heterocycles. The summed E-state index contributed by atoms with van der Waals surface area (Å²) in [4.78, 5) is 13.7. The molecule has 0 spiro atoms. The highest BCUT2D eigenvalue weighted by Crippen LogP contribution is 2.20. The smallest absolute Gasteiger partial charge is 0.338 e. The lowest BCUT2D eigenvalue weighted by Gasteiger charge is -1.86. The molecule has 0 saturated heterocycles. The van der Waals surface area contributed by atoms with Gasteiger partial charge in [-0.3, -0.25) is 5.43 Å². The topological polar surface area (TPSA) is 95.6 Å². The lowest BCUT2D eigenvalue weighted by atomic mass is 10.3. The van der Waals surface area contributed by atoms with Gasteiger partial charge in [-0.2, -0.15) is 0 Å². The summed E-state index contributed by atoms with van der Waals surface area (Å²) >= 11 is 0. The molecule has 6 heteroatoms. The molecule has 2 rings (SSSR count). The molecule has 76 valence electrons. The maximum Gasteiger partial charge on any atom is 0.373 e. The number of nitrogens with two attached hydrogens (primary N) is 1. The number of fused-ring (bicyclic) bond motifs is 1. The Balaban J connectivity index is 2.29. The number of carbonyl (C=O) groups excluding carboxylic acids is 1. The number of carbonyl (C=O) groups is 1. The van der Waals surface area contributed by atoms with E-state index in [0.717, 1.165) is 10.9 Å². The van der Waals surface area contributed by atoms with Gasteiger partial charge in [0.05, 0.1) is 0 Å². The van der Waals surface area contributed by atoms with Gasteiger partial charge in [-0.25, -0.2) is 10.6 Å². The van der Waals surface area contributed by atoms with Crippen LogP contribution in [0.4, 0.5) is 10.6 Å². The normalized spacial score (nSPS) is 11.0. The second-order valence-corrected chi connectivity index (χ2v) is 2.89. The van der Waals surface area contributed by atoms with E-state index in [1.54, 1.807) is 6.07 Å². The fourth-order valence-corrected chi connectivity index (χ4v) is 1.24. The van der Waals surface area contributed by atoms with Gasteiger partial charge in [-0.15, -0.1) is 5.11 Å². The van der Waals surface area contributed by atoms with Crippen LogP contribution in [0.3, 0.4) is 0 Å². The quantitative estimate of drug-likeness (QED) is 0.285. The third-order valence-electron chi connectivity index (χ3n) is 1.89. The van der Waals surface area contributed by atoms with Gasteiger partial charge in [0, 0.05) is 10.9 Å². The number of para-hydroxylation sites is 1. The van der Waals surface area contributed by atoms with Crippen molar-refractivity contribution in [3.8, 4) is 0 Å². The predicted molar refractivity (Wildman–Crippen MR) is 55.5 cm³/mol. The number of nitrogens with one attached hydrogen (secondary N) is 2. The Kier molecular flexibility index (Phi) is 2.42. The SMILES string of the molecule is NNC(=O)/N=N/c1cc2ccccc2[nH]1. The van der Waals surface area contributed by atoms with E-state index in [1.807, 2.05) is 29.7 Å². The van der Waals surface area contributed by atoms with E-state index in [4.69, 9.17) is 5.84 Å². The van der Waals surface area contributed by atoms with Crippen molar-refractivity contribution in [3.63, 3.8) is 0 Å². The summed E-state index contributed by atoms with van der Waals surface area (Å²) in [5.41, 5.74) is 2.80. The Labute approximate surface area is 85.2 Å². The van der Waals surface area contributed by atoms with Crippen LogP contribution >= 0.6 is 0 Å². The molecule has 4 N–H and O–H groups in total. The van der Waals surface area contributed by atoms with Crippen molar-refractivity contribution in [2.24, 2.45) is 16.1 Å². The van der Waals surface area contributed by atoms with Gasteiger partial charge < -0.3 is 4.98 Å². The van der Waals surface area contributed by atoms with Crippen LogP contribution in [0.5, 0.6) is 0 Å². The van der Waals surface area contributed by atoms with E-state index in [1.165, 1.54) is 0 Å². The van der Waals surface area contributed by atoms with Gasteiger partial charge in [0.25, 0.3) is 0 Å². The third kappa shape index (κ3) is 2.00. The number of aromatic nitrogens is 1. The molecule has 2 amide bonds. The zero-order valence-corrected chi connectivity index (χ0v) is 7.77. The number of nitrogens with zero attached hydrogens (tertiary/aromatic N) is 2. The Hall–Kier alpha value is -2.21. The van der Waals surface area contributed by atoms with Gasteiger partial charge in [0.1, 0.15) is 0 Å². The van der Waals surface area contributed by atoms with Crippen molar-refractivity contribution in [1.82, 2.24) is 10.4 Å². The average Bonchev–Trinajstić information content (AvgIpc) is 2.68. The fourth-order valence-electron chi connectivity index (χ4n) is 1.24. The zero-order valence-electron chi connectivity index (χ0n) is 7.77. The Bertz CT molecular complexity index is 483. The van der Waals surface area contributed by atoms with E-state index >= 15 is 0 Å². The number of benzene rings is 1. The summed E-state index contributed by atoms with van der Waals surface area (Å²) in [7, 11) is 0. The molecule has 0 aliphatic rings. The van der Waals surface area contributed by atoms with Crippen LogP contribution in [0.25, 0.3) is 10.9 Å². The highest BCUT2D eigenvalue weighted by molar-refractivity contribution is 5.83. The van der Waals surface area contributed by atoms with Crippen LogP contribution in [-0.4, -0.2) is 11.0 Å². The number of H-pyrrole nitrogens is 1. The molecule has 0 saturated carbocycles. The summed E-state index contributed by atoms with van der Waals surface area (Å²) in [6, 6.07) is 8.79. The third-order valence-corrected chi connectivity index (χ3v) is 1.89. The molecule has 1 aromatic carbocycles. The molecular weight excluding hydrogens is 194 g/mol. The molecule has 1 aromatic heterocycles. The van der Waals surface area contributed by atoms with E-state index in [9.17, 15) is 4.79 Å². The van der Waals surface area contributed by atoms with Crippen molar-refractivity contribution in [2.45, 2.75) is 0 Å². The Morgan fingerprint density at radius 2 is 2.20 bits per heavy atom. The van der Waals surface area contributed by atoms with E-state index in [2.05, 4.69) is 15.2 Å². The average molecular weight is 203 g/mol. The second kappa shape index (κ2) is 3.89. The Morgan fingerprint density at radius 3 is 2.93 bits per heavy atom. The van der Waals surface area contributed by atoms with E-state index in [0.29, 0.717) is 5.82 Å². The zero-order chi connectivity index (χ0) is 10.7. The highest BCUT2D eigenvalue weighted by Gasteiger charge is 1.98. The number of hydrogen-bond donors (Lipinski definition) is 3. The van der Waals surface area contributed by atoms with Crippen LogP contribution in [0.15, 0.2) is 40.6 Å². The maximum absolute atomic E-state index is 10.7. The number of hydrazine groups is 1. The van der Waals surface area contributed by atoms with Gasteiger partial charge >= 0.3 is 6.03 Å². The van der Waals surface area contributed by atoms with Crippen LogP contribution in [-0.2, 0) is 0 Å². The van der Waals surface area contributed by atoms with Crippen LogP contribution in [0.2, 0.25) is 0 Å². The highest BCUT2D eigenvalue weighted by atomic mass is 16.2. The fraction of sp³-hybridized carbons (Fsp3) is 0. The molecule has 0 aliphatic carbocycles. The number of rotatable bonds is 1. The predicted octanol–water partition coefficient (Wildman–Crippen LogP) is 1.83. The summed E-state index contributed by atoms with van der Waals surface area (Å²) in [6.07, 6.45) is 0. The molecule has 0 unspecified atom stereocenters. The van der Waals surface area contributed by atoms with Crippen molar-refractivity contribution >= 4 is 22.8 Å². The number of azo groups is 1. The lowest BCUT2D eigenvalue weighted by molar-refractivity contribution is 0.248. The summed E-state index contributed by atoms with van der Waals surface area (Å²) in [6.45, 7) is 0. The first-order chi connectivity index (χ1) is 7.29. The first kappa shape index (κ1) is 9.35. The lowest BCUT2D eigenvalue weighted by Crippen LogP contribution is -2.26. The molecule has 6 nitrogen and oxygen atoms in total. The second-order valence-electron chi connectivity index (χ2n) is 2.89. The summed E-state index contributed by atoms with van der Waals surface area (Å²) in [5.74, 6) is 5.36. The van der Waals surface area contributed by atoms with Gasteiger partial charge in [-0.1, -0.05) is 23.3 Å². The monoisotopic (exact) mass is 203 g/mol. The summed E-state index contributed by atoms with van der Waals surface area (Å²) in [5, 5.41) is 8.03. The van der Waals surface area contributed by atoms with Crippen molar-refractivity contribution in [2.75, 3.05) is 0 Å². The molecule has 1 heterocycles.